The Balaban J connectivity index is 2.29. The minimum Gasteiger partial charge on any atom is -0.479 e. The number of nitrogens with one attached hydrogen (secondary N) is 1. The number of halogens is 3. The molecule has 2 N–H and O–H groups in total. The molecule has 20 heavy (non-hydrogen) atoms. The van der Waals surface area contributed by atoms with Gasteiger partial charge in [0.15, 0.2) is 6.04 Å². The highest BCUT2D eigenvalue weighted by Gasteiger charge is 2.20. The van der Waals surface area contributed by atoms with Crippen LogP contribution in [0.2, 0.25) is 5.02 Å². The van der Waals surface area contributed by atoms with Crippen LogP contribution in [0.5, 0.6) is 0 Å². The van der Waals surface area contributed by atoms with Crippen molar-refractivity contribution in [2.45, 2.75) is 6.04 Å². The van der Waals surface area contributed by atoms with Crippen LogP contribution in [0.4, 0.5) is 10.1 Å². The third kappa shape index (κ3) is 3.49. The third-order valence-electron chi connectivity index (χ3n) is 2.68. The van der Waals surface area contributed by atoms with Gasteiger partial charge in [0.25, 0.3) is 0 Å². The van der Waals surface area contributed by atoms with E-state index < -0.39 is 17.8 Å². The number of rotatable bonds is 4. The smallest absolute Gasteiger partial charge is 0.330 e. The first-order valence-corrected chi connectivity index (χ1v) is 6.84. The quantitative estimate of drug-likeness (QED) is 0.847. The Morgan fingerprint density at radius 3 is 2.45 bits per heavy atom. The molecule has 2 aromatic rings. The molecule has 0 aromatic heterocycles. The van der Waals surface area contributed by atoms with Crippen LogP contribution in [0.1, 0.15) is 11.6 Å². The molecule has 0 fully saturated rings. The van der Waals surface area contributed by atoms with Gasteiger partial charge in [-0.15, -0.1) is 0 Å². The van der Waals surface area contributed by atoms with Crippen molar-refractivity contribution in [3.05, 3.63) is 63.3 Å². The van der Waals surface area contributed by atoms with E-state index in [4.69, 9.17) is 11.6 Å². The fraction of sp³-hybridized carbons (Fsp3) is 0.0714. The SMILES string of the molecule is O=C(O)C(Nc1ccc(Br)cc1)c1ccc(F)c(Cl)c1. The highest BCUT2D eigenvalue weighted by molar-refractivity contribution is 9.10. The average molecular weight is 359 g/mol. The molecule has 0 saturated carbocycles. The van der Waals surface area contributed by atoms with E-state index >= 15 is 0 Å². The predicted octanol–water partition coefficient (Wildman–Crippen LogP) is 4.48. The van der Waals surface area contributed by atoms with Crippen LogP contribution in [-0.2, 0) is 4.79 Å². The standard InChI is InChI=1S/C14H10BrClFNO2/c15-9-2-4-10(5-3-9)18-13(14(19)20)8-1-6-12(17)11(16)7-8/h1-7,13,18H,(H,19,20). The molecule has 104 valence electrons. The van der Waals surface area contributed by atoms with E-state index in [2.05, 4.69) is 21.2 Å². The van der Waals surface area contributed by atoms with E-state index in [0.717, 1.165) is 10.5 Å². The van der Waals surface area contributed by atoms with Crippen molar-refractivity contribution in [1.29, 1.82) is 0 Å². The second kappa shape index (κ2) is 6.24. The summed E-state index contributed by atoms with van der Waals surface area (Å²) in [6.45, 7) is 0. The summed E-state index contributed by atoms with van der Waals surface area (Å²) < 4.78 is 14.0. The highest BCUT2D eigenvalue weighted by atomic mass is 79.9. The fourth-order valence-corrected chi connectivity index (χ4v) is 2.15. The van der Waals surface area contributed by atoms with E-state index in [1.54, 1.807) is 24.3 Å². The van der Waals surface area contributed by atoms with Gasteiger partial charge < -0.3 is 10.4 Å². The molecule has 2 aromatic carbocycles. The van der Waals surface area contributed by atoms with Gasteiger partial charge >= 0.3 is 5.97 Å². The third-order valence-corrected chi connectivity index (χ3v) is 3.50. The topological polar surface area (TPSA) is 49.3 Å². The summed E-state index contributed by atoms with van der Waals surface area (Å²) in [5.41, 5.74) is 1.02. The van der Waals surface area contributed by atoms with Crippen LogP contribution in [0.15, 0.2) is 46.9 Å². The first-order chi connectivity index (χ1) is 9.47. The average Bonchev–Trinajstić information content (AvgIpc) is 2.41. The fourth-order valence-electron chi connectivity index (χ4n) is 1.69. The van der Waals surface area contributed by atoms with Crippen LogP contribution in [0, 0.1) is 5.82 Å². The number of hydrogen-bond donors (Lipinski definition) is 2. The second-order valence-corrected chi connectivity index (χ2v) is 5.42. The Labute approximate surface area is 128 Å². The maximum Gasteiger partial charge on any atom is 0.330 e. The molecule has 1 atom stereocenters. The molecule has 6 heteroatoms. The van der Waals surface area contributed by atoms with Gasteiger partial charge in [0.1, 0.15) is 5.82 Å². The van der Waals surface area contributed by atoms with Crippen LogP contribution in [-0.4, -0.2) is 11.1 Å². The van der Waals surface area contributed by atoms with Crippen molar-refractivity contribution >= 4 is 39.2 Å². The molecule has 0 amide bonds. The van der Waals surface area contributed by atoms with Crippen molar-refractivity contribution in [2.24, 2.45) is 0 Å². The molecular formula is C14H10BrClFNO2. The van der Waals surface area contributed by atoms with Crippen molar-refractivity contribution in [3.63, 3.8) is 0 Å². The molecule has 0 aliphatic heterocycles. The van der Waals surface area contributed by atoms with E-state index in [1.165, 1.54) is 12.1 Å². The highest BCUT2D eigenvalue weighted by Crippen LogP contribution is 2.25. The molecule has 1 unspecified atom stereocenters. The number of carbonyl (C=O) groups is 1. The lowest BCUT2D eigenvalue weighted by Gasteiger charge is -2.16. The predicted molar refractivity (Wildman–Crippen MR) is 79.6 cm³/mol. The van der Waals surface area contributed by atoms with E-state index in [-0.39, 0.29) is 5.02 Å². The molecule has 0 aliphatic rings. The molecule has 2 rings (SSSR count). The normalized spacial score (nSPS) is 11.9. The number of benzene rings is 2. The number of aliphatic carboxylic acids is 1. The summed E-state index contributed by atoms with van der Waals surface area (Å²) in [4.78, 5) is 11.4. The maximum atomic E-state index is 13.1. The molecule has 0 spiro atoms. The minimum absolute atomic E-state index is 0.105. The summed E-state index contributed by atoms with van der Waals surface area (Å²) in [6, 6.07) is 9.91. The molecule has 0 bridgehead atoms. The lowest BCUT2D eigenvalue weighted by atomic mass is 10.1. The van der Waals surface area contributed by atoms with Gasteiger partial charge in [-0.2, -0.15) is 0 Å². The number of anilines is 1. The van der Waals surface area contributed by atoms with Crippen molar-refractivity contribution in [3.8, 4) is 0 Å². The Kier molecular flexibility index (Phi) is 4.62. The molecular weight excluding hydrogens is 349 g/mol. The summed E-state index contributed by atoms with van der Waals surface area (Å²) in [6.07, 6.45) is 0. The van der Waals surface area contributed by atoms with Crippen molar-refractivity contribution in [2.75, 3.05) is 5.32 Å². The van der Waals surface area contributed by atoms with Gasteiger partial charge in [-0.3, -0.25) is 0 Å². The van der Waals surface area contributed by atoms with E-state index in [9.17, 15) is 14.3 Å². The molecule has 0 radical (unpaired) electrons. The maximum absolute atomic E-state index is 13.1. The summed E-state index contributed by atoms with van der Waals surface area (Å²) in [7, 11) is 0. The van der Waals surface area contributed by atoms with Gasteiger partial charge in [0.2, 0.25) is 0 Å². The van der Waals surface area contributed by atoms with Crippen molar-refractivity contribution in [1.82, 2.24) is 0 Å². The van der Waals surface area contributed by atoms with Gasteiger partial charge in [0, 0.05) is 10.2 Å². The molecule has 0 aliphatic carbocycles. The first-order valence-electron chi connectivity index (χ1n) is 5.67. The Hall–Kier alpha value is -1.59. The van der Waals surface area contributed by atoms with Crippen LogP contribution in [0.25, 0.3) is 0 Å². The van der Waals surface area contributed by atoms with Crippen LogP contribution >= 0.6 is 27.5 Å². The number of carboxylic acid groups (broad SMARTS) is 1. The monoisotopic (exact) mass is 357 g/mol. The van der Waals surface area contributed by atoms with Gasteiger partial charge in [-0.1, -0.05) is 33.6 Å². The number of carboxylic acids is 1. The van der Waals surface area contributed by atoms with Crippen LogP contribution < -0.4 is 5.32 Å². The van der Waals surface area contributed by atoms with Gasteiger partial charge in [0.05, 0.1) is 5.02 Å². The van der Waals surface area contributed by atoms with Crippen LogP contribution in [0.3, 0.4) is 0 Å². The lowest BCUT2D eigenvalue weighted by molar-refractivity contribution is -0.138. The molecule has 0 heterocycles. The Morgan fingerprint density at radius 2 is 1.90 bits per heavy atom. The van der Waals surface area contributed by atoms with Gasteiger partial charge in [-0.25, -0.2) is 9.18 Å². The van der Waals surface area contributed by atoms with Crippen molar-refractivity contribution < 1.29 is 14.3 Å². The Morgan fingerprint density at radius 1 is 1.25 bits per heavy atom. The Bertz CT molecular complexity index is 634. The number of hydrogen-bond acceptors (Lipinski definition) is 2. The molecule has 0 saturated heterocycles. The summed E-state index contributed by atoms with van der Waals surface area (Å²) in [5, 5.41) is 12.1. The zero-order valence-electron chi connectivity index (χ0n) is 10.1. The zero-order chi connectivity index (χ0) is 14.7. The summed E-state index contributed by atoms with van der Waals surface area (Å²) >= 11 is 8.98. The zero-order valence-corrected chi connectivity index (χ0v) is 12.5. The van der Waals surface area contributed by atoms with Gasteiger partial charge in [-0.05, 0) is 42.0 Å². The molecule has 3 nitrogen and oxygen atoms in total. The summed E-state index contributed by atoms with van der Waals surface area (Å²) in [5.74, 6) is -1.65. The van der Waals surface area contributed by atoms with E-state index in [1.807, 2.05) is 0 Å². The minimum atomic E-state index is -1.07. The van der Waals surface area contributed by atoms with E-state index in [0.29, 0.717) is 11.3 Å². The largest absolute Gasteiger partial charge is 0.479 e. The lowest BCUT2D eigenvalue weighted by Crippen LogP contribution is -2.20. The second-order valence-electron chi connectivity index (χ2n) is 4.10. The first kappa shape index (κ1) is 14.8.